The topological polar surface area (TPSA) is 470 Å². The van der Waals surface area contributed by atoms with E-state index in [-0.39, 0.29) is 63.7 Å². The van der Waals surface area contributed by atoms with Gasteiger partial charge in [-0.1, -0.05) is 0 Å². The number of aliphatic hydroxyl groups excluding tert-OH is 2. The first-order valence-electron chi connectivity index (χ1n) is 17.4. The molecule has 0 aromatic rings. The van der Waals surface area contributed by atoms with Gasteiger partial charge in [0.25, 0.3) is 0 Å². The number of aliphatic hydroxyl groups is 2. The largest absolute Gasteiger partial charge is 0.481 e. The zero-order valence-corrected chi connectivity index (χ0v) is 30.8. The molecule has 318 valence electrons. The van der Waals surface area contributed by atoms with Crippen LogP contribution in [0.15, 0.2) is 9.98 Å². The van der Waals surface area contributed by atoms with E-state index in [9.17, 15) is 53.7 Å². The van der Waals surface area contributed by atoms with E-state index in [1.807, 2.05) is 0 Å². The zero-order valence-electron chi connectivity index (χ0n) is 30.8. The highest BCUT2D eigenvalue weighted by Crippen LogP contribution is 2.07. The number of hydrogen-bond donors (Lipinski definition) is 16. The van der Waals surface area contributed by atoms with Gasteiger partial charge in [0.2, 0.25) is 35.4 Å². The monoisotopic (exact) mass is 804 g/mol. The summed E-state index contributed by atoms with van der Waals surface area (Å²) in [5.41, 5.74) is 32.3. The zero-order chi connectivity index (χ0) is 42.8. The summed E-state index contributed by atoms with van der Waals surface area (Å²) in [5.74, 6) is -9.56. The highest BCUT2D eigenvalue weighted by molar-refractivity contribution is 5.97. The van der Waals surface area contributed by atoms with Crippen LogP contribution in [0.25, 0.3) is 0 Å². The lowest BCUT2D eigenvalue weighted by molar-refractivity contribution is -0.143. The molecule has 0 aliphatic rings. The van der Waals surface area contributed by atoms with Crippen molar-refractivity contribution in [2.45, 2.75) is 87.6 Å². The molecule has 0 aliphatic heterocycles. The van der Waals surface area contributed by atoms with E-state index >= 15 is 0 Å². The molecular formula is C30H56N14O12. The molecule has 0 aliphatic carbocycles. The molecule has 0 aromatic heterocycles. The molecule has 22 N–H and O–H groups in total. The van der Waals surface area contributed by atoms with Gasteiger partial charge in [0.15, 0.2) is 11.9 Å². The Labute approximate surface area is 321 Å². The van der Waals surface area contributed by atoms with Gasteiger partial charge in [0, 0.05) is 13.1 Å². The summed E-state index contributed by atoms with van der Waals surface area (Å²) in [5, 5.41) is 50.9. The smallest absolute Gasteiger partial charge is 0.328 e. The van der Waals surface area contributed by atoms with Crippen LogP contribution in [0, 0.1) is 0 Å². The second kappa shape index (κ2) is 27.7. The lowest BCUT2D eigenvalue weighted by atomic mass is 10.0. The molecular weight excluding hydrogens is 748 g/mol. The number of aliphatic imine (C=N–C) groups is 2. The quantitative estimate of drug-likeness (QED) is 0.0190. The minimum atomic E-state index is -1.83. The Morgan fingerprint density at radius 1 is 0.554 bits per heavy atom. The number of amides is 6. The molecule has 0 heterocycles. The molecule has 0 spiro atoms. The summed E-state index contributed by atoms with van der Waals surface area (Å²) < 4.78 is 0. The molecule has 0 saturated carbocycles. The number of hydrogen-bond acceptors (Lipinski definition) is 14. The molecule has 6 atom stereocenters. The Morgan fingerprint density at radius 2 is 0.982 bits per heavy atom. The molecule has 56 heavy (non-hydrogen) atoms. The van der Waals surface area contributed by atoms with Crippen molar-refractivity contribution in [1.82, 2.24) is 31.9 Å². The predicted molar refractivity (Wildman–Crippen MR) is 197 cm³/mol. The van der Waals surface area contributed by atoms with E-state index in [4.69, 9.17) is 39.5 Å². The first-order chi connectivity index (χ1) is 26.4. The lowest BCUT2D eigenvalue weighted by Crippen LogP contribution is -2.59. The SMILES string of the molecule is NCCCC[C@H](NC(=O)CNC(=O)[C@@H](N)CO)C(=O)N[C@@H](CC(=O)O)C(=O)N[C@@H](CCCN=C(N)N)C(=O)N[C@@H](CCCN=C(N)N)C(=O)N[C@@H](CO)C(=O)O. The van der Waals surface area contributed by atoms with Gasteiger partial charge >= 0.3 is 11.9 Å². The summed E-state index contributed by atoms with van der Waals surface area (Å²) in [6.45, 7) is -2.13. The summed E-state index contributed by atoms with van der Waals surface area (Å²) in [6.07, 6.45) is -0.525. The summed E-state index contributed by atoms with van der Waals surface area (Å²) >= 11 is 0. The van der Waals surface area contributed by atoms with Gasteiger partial charge in [0.1, 0.15) is 36.3 Å². The summed E-state index contributed by atoms with van der Waals surface area (Å²) in [7, 11) is 0. The van der Waals surface area contributed by atoms with Crippen molar-refractivity contribution >= 4 is 59.3 Å². The highest BCUT2D eigenvalue weighted by atomic mass is 16.4. The predicted octanol–water partition coefficient (Wildman–Crippen LogP) is -8.37. The number of nitrogens with one attached hydrogen (secondary N) is 6. The number of rotatable bonds is 29. The van der Waals surface area contributed by atoms with Gasteiger partial charge in [-0.3, -0.25) is 43.5 Å². The fourth-order valence-corrected chi connectivity index (χ4v) is 4.59. The van der Waals surface area contributed by atoms with Crippen LogP contribution in [-0.2, 0) is 38.4 Å². The second-order valence-corrected chi connectivity index (χ2v) is 12.2. The van der Waals surface area contributed by atoms with Crippen molar-refractivity contribution in [1.29, 1.82) is 0 Å². The van der Waals surface area contributed by atoms with Crippen molar-refractivity contribution in [3.63, 3.8) is 0 Å². The Hall–Kier alpha value is -5.86. The average Bonchev–Trinajstić information content (AvgIpc) is 3.13. The number of aliphatic carboxylic acids is 2. The number of unbranched alkanes of at least 4 members (excludes halogenated alkanes) is 1. The van der Waals surface area contributed by atoms with Crippen LogP contribution in [0.1, 0.15) is 51.4 Å². The van der Waals surface area contributed by atoms with Gasteiger partial charge in [-0.2, -0.15) is 0 Å². The van der Waals surface area contributed by atoms with Crippen LogP contribution in [0.3, 0.4) is 0 Å². The van der Waals surface area contributed by atoms with Gasteiger partial charge in [-0.25, -0.2) is 4.79 Å². The maximum absolute atomic E-state index is 13.6. The number of carboxylic acids is 2. The summed E-state index contributed by atoms with van der Waals surface area (Å²) in [4.78, 5) is 109. The minimum absolute atomic E-state index is 0.000223. The summed E-state index contributed by atoms with van der Waals surface area (Å²) in [6, 6.07) is -9.22. The normalized spacial score (nSPS) is 13.9. The Balaban J connectivity index is 6.35. The van der Waals surface area contributed by atoms with Crippen LogP contribution < -0.4 is 66.3 Å². The fraction of sp³-hybridized carbons (Fsp3) is 0.667. The van der Waals surface area contributed by atoms with E-state index in [1.165, 1.54) is 0 Å². The van der Waals surface area contributed by atoms with Gasteiger partial charge in [0.05, 0.1) is 26.2 Å². The van der Waals surface area contributed by atoms with E-state index < -0.39 is 110 Å². The maximum Gasteiger partial charge on any atom is 0.328 e. The molecule has 0 aromatic carbocycles. The third-order valence-corrected chi connectivity index (χ3v) is 7.52. The van der Waals surface area contributed by atoms with Crippen molar-refractivity contribution in [2.24, 2.45) is 44.4 Å². The number of guanidine groups is 2. The van der Waals surface area contributed by atoms with Crippen molar-refractivity contribution in [2.75, 3.05) is 39.4 Å². The van der Waals surface area contributed by atoms with Gasteiger partial charge < -0.3 is 86.7 Å². The molecule has 6 amide bonds. The number of nitrogens with zero attached hydrogens (tertiary/aromatic N) is 2. The second-order valence-electron chi connectivity index (χ2n) is 12.2. The van der Waals surface area contributed by atoms with Crippen molar-refractivity contribution in [3.8, 4) is 0 Å². The van der Waals surface area contributed by atoms with Crippen LogP contribution >= 0.6 is 0 Å². The average molecular weight is 805 g/mol. The Morgan fingerprint density at radius 3 is 1.39 bits per heavy atom. The molecule has 0 radical (unpaired) electrons. The lowest BCUT2D eigenvalue weighted by Gasteiger charge is -2.26. The maximum atomic E-state index is 13.6. The third-order valence-electron chi connectivity index (χ3n) is 7.52. The molecule has 0 unspecified atom stereocenters. The first-order valence-corrected chi connectivity index (χ1v) is 17.4. The van der Waals surface area contributed by atoms with E-state index in [0.29, 0.717) is 12.8 Å². The molecule has 0 bridgehead atoms. The number of carbonyl (C=O) groups is 8. The minimum Gasteiger partial charge on any atom is -0.481 e. The van der Waals surface area contributed by atoms with Crippen molar-refractivity contribution < 1.29 is 58.8 Å². The highest BCUT2D eigenvalue weighted by Gasteiger charge is 2.33. The van der Waals surface area contributed by atoms with E-state index in [1.54, 1.807) is 0 Å². The Kier molecular flexibility index (Phi) is 24.8. The molecule has 26 heteroatoms. The Bertz CT molecular complexity index is 1390. The third kappa shape index (κ3) is 21.7. The van der Waals surface area contributed by atoms with Crippen LogP contribution in [0.5, 0.6) is 0 Å². The van der Waals surface area contributed by atoms with E-state index in [0.717, 1.165) is 0 Å². The molecule has 0 fully saturated rings. The van der Waals surface area contributed by atoms with Crippen LogP contribution in [0.4, 0.5) is 0 Å². The van der Waals surface area contributed by atoms with Crippen LogP contribution in [0.2, 0.25) is 0 Å². The number of carboxylic acid groups (broad SMARTS) is 2. The fourth-order valence-electron chi connectivity index (χ4n) is 4.59. The molecule has 26 nitrogen and oxygen atoms in total. The van der Waals surface area contributed by atoms with E-state index in [2.05, 4.69) is 41.9 Å². The van der Waals surface area contributed by atoms with Crippen LogP contribution in [-0.4, -0.2) is 155 Å². The molecule has 0 rings (SSSR count). The standard InChI is InChI=1S/C30H56N14O12/c31-8-2-1-5-16(40-21(47)12-39-23(50)15(32)13-45)24(51)43-19(11-22(48)49)27(54)42-17(6-3-9-37-29(33)34)25(52)41-18(7-4-10-38-30(35)36)26(53)44-20(14-46)28(55)56/h15-20,45-46H,1-14,31-32H2,(H,39,50)(H,40,47)(H,41,52)(H,42,54)(H,43,51)(H,44,53)(H,48,49)(H,55,56)(H4,33,34,37)(H4,35,36,38)/t15-,16-,17-,18-,19-,20-/m0/s1. The number of nitrogens with two attached hydrogens (primary N) is 6. The number of carbonyl (C=O) groups excluding carboxylic acids is 6. The first kappa shape index (κ1) is 50.1. The van der Waals surface area contributed by atoms with Crippen molar-refractivity contribution in [3.05, 3.63) is 0 Å². The molecule has 0 saturated heterocycles. The van der Waals surface area contributed by atoms with Gasteiger partial charge in [-0.15, -0.1) is 0 Å². The van der Waals surface area contributed by atoms with Gasteiger partial charge in [-0.05, 0) is 51.5 Å².